The molecule has 10 heteroatoms. The number of ether oxygens (including phenoxy) is 3. The van der Waals surface area contributed by atoms with E-state index < -0.39 is 42.9 Å². The van der Waals surface area contributed by atoms with Crippen LogP contribution in [-0.4, -0.2) is 98.8 Å². The van der Waals surface area contributed by atoms with Crippen LogP contribution in [0.15, 0.2) is 11.6 Å². The number of hydrogen-bond donors (Lipinski definition) is 6. The average molecular weight is 553 g/mol. The van der Waals surface area contributed by atoms with E-state index in [-0.39, 0.29) is 53.2 Å². The molecule has 6 rings (SSSR count). The van der Waals surface area contributed by atoms with Crippen molar-refractivity contribution in [2.75, 3.05) is 19.8 Å². The highest BCUT2D eigenvalue weighted by molar-refractivity contribution is 5.85. The first-order valence-corrected chi connectivity index (χ1v) is 14.7. The van der Waals surface area contributed by atoms with Crippen LogP contribution in [0, 0.1) is 34.5 Å². The van der Waals surface area contributed by atoms with Crippen LogP contribution in [0.1, 0.15) is 64.7 Å². The molecule has 39 heavy (non-hydrogen) atoms. The second-order valence-corrected chi connectivity index (χ2v) is 13.4. The standard InChI is InChI=1S/C29H44O10/c1-27-7-5-19-20(29(27,36)9-6-18(27)15-10-22(32)37-13-15)3-2-16-11-17(4-8-28(16,19)14-31)38-26-25(35)24(34)23(33)21(12-30)39-26/h10,16-21,23-26,30-31,33-36H,2-9,11-14H2,1H3. The molecule has 0 bridgehead atoms. The third kappa shape index (κ3) is 4.08. The van der Waals surface area contributed by atoms with E-state index in [9.17, 15) is 35.4 Å². The highest BCUT2D eigenvalue weighted by Crippen LogP contribution is 2.70. The molecule has 10 nitrogen and oxygen atoms in total. The Bertz CT molecular complexity index is 985. The van der Waals surface area contributed by atoms with Crippen LogP contribution in [0.4, 0.5) is 0 Å². The van der Waals surface area contributed by atoms with Crippen LogP contribution in [0.3, 0.4) is 0 Å². The Morgan fingerprint density at radius 3 is 2.46 bits per heavy atom. The predicted octanol–water partition coefficient (Wildman–Crippen LogP) is 0.401. The number of aliphatic hydroxyl groups excluding tert-OH is 5. The van der Waals surface area contributed by atoms with Gasteiger partial charge in [0.15, 0.2) is 6.29 Å². The molecule has 2 aliphatic heterocycles. The van der Waals surface area contributed by atoms with Crippen molar-refractivity contribution < 1.29 is 49.6 Å². The molecule has 0 radical (unpaired) electrons. The lowest BCUT2D eigenvalue weighted by Crippen LogP contribution is -2.64. The molecule has 13 unspecified atom stereocenters. The van der Waals surface area contributed by atoms with Gasteiger partial charge >= 0.3 is 5.97 Å². The predicted molar refractivity (Wildman–Crippen MR) is 136 cm³/mol. The molecule has 13 atom stereocenters. The molecule has 0 aromatic rings. The Hall–Kier alpha value is -1.11. The van der Waals surface area contributed by atoms with Crippen molar-refractivity contribution in [2.45, 2.75) is 107 Å². The number of hydrogen-bond acceptors (Lipinski definition) is 10. The van der Waals surface area contributed by atoms with Gasteiger partial charge in [0.05, 0.1) is 18.3 Å². The first-order valence-electron chi connectivity index (χ1n) is 14.7. The van der Waals surface area contributed by atoms with Crippen LogP contribution in [-0.2, 0) is 19.0 Å². The minimum Gasteiger partial charge on any atom is -0.458 e. The Morgan fingerprint density at radius 2 is 1.77 bits per heavy atom. The maximum atomic E-state index is 12.4. The molecule has 2 heterocycles. The van der Waals surface area contributed by atoms with Gasteiger partial charge in [0.25, 0.3) is 0 Å². The zero-order chi connectivity index (χ0) is 27.7. The summed E-state index contributed by atoms with van der Waals surface area (Å²) in [5.41, 5.74) is -0.502. The van der Waals surface area contributed by atoms with Gasteiger partial charge in [-0.1, -0.05) is 6.92 Å². The maximum Gasteiger partial charge on any atom is 0.331 e. The van der Waals surface area contributed by atoms with E-state index in [4.69, 9.17) is 14.2 Å². The molecule has 4 saturated carbocycles. The molecule has 0 aromatic carbocycles. The minimum atomic E-state index is -1.48. The van der Waals surface area contributed by atoms with Crippen LogP contribution < -0.4 is 0 Å². The number of carbonyl (C=O) groups excluding carboxylic acids is 1. The van der Waals surface area contributed by atoms with E-state index >= 15 is 0 Å². The summed E-state index contributed by atoms with van der Waals surface area (Å²) < 4.78 is 16.9. The van der Waals surface area contributed by atoms with Crippen LogP contribution >= 0.6 is 0 Å². The van der Waals surface area contributed by atoms with Crippen molar-refractivity contribution in [3.8, 4) is 0 Å². The van der Waals surface area contributed by atoms with Gasteiger partial charge in [0.2, 0.25) is 0 Å². The normalized spacial score (nSPS) is 53.4. The highest BCUT2D eigenvalue weighted by Gasteiger charge is 2.68. The highest BCUT2D eigenvalue weighted by atomic mass is 16.7. The number of carbonyl (C=O) groups is 1. The minimum absolute atomic E-state index is 0.0509. The van der Waals surface area contributed by atoms with E-state index in [0.717, 1.165) is 44.1 Å². The lowest BCUT2D eigenvalue weighted by atomic mass is 9.43. The molecule has 6 N–H and O–H groups in total. The van der Waals surface area contributed by atoms with Crippen molar-refractivity contribution in [3.05, 3.63) is 11.6 Å². The first kappa shape index (κ1) is 28.0. The summed E-state index contributed by atoms with van der Waals surface area (Å²) in [6, 6.07) is 0. The van der Waals surface area contributed by atoms with Crippen molar-refractivity contribution in [2.24, 2.45) is 34.5 Å². The fourth-order valence-electron chi connectivity index (χ4n) is 9.97. The number of aliphatic hydroxyl groups is 6. The van der Waals surface area contributed by atoms with Crippen LogP contribution in [0.25, 0.3) is 0 Å². The van der Waals surface area contributed by atoms with E-state index in [1.54, 1.807) is 6.08 Å². The fourth-order valence-corrected chi connectivity index (χ4v) is 9.97. The smallest absolute Gasteiger partial charge is 0.331 e. The largest absolute Gasteiger partial charge is 0.458 e. The molecule has 0 amide bonds. The van der Waals surface area contributed by atoms with Gasteiger partial charge in [-0.15, -0.1) is 0 Å². The van der Waals surface area contributed by atoms with Crippen molar-refractivity contribution in [1.82, 2.24) is 0 Å². The number of rotatable bonds is 5. The molecular weight excluding hydrogens is 508 g/mol. The van der Waals surface area contributed by atoms with Crippen LogP contribution in [0.5, 0.6) is 0 Å². The topological polar surface area (TPSA) is 166 Å². The number of esters is 1. The number of fused-ring (bicyclic) bond motifs is 5. The zero-order valence-corrected chi connectivity index (χ0v) is 22.7. The summed E-state index contributed by atoms with van der Waals surface area (Å²) in [6.07, 6.45) is 1.88. The van der Waals surface area contributed by atoms with E-state index in [1.165, 1.54) is 0 Å². The second kappa shape index (κ2) is 10.0. The Morgan fingerprint density at radius 1 is 0.974 bits per heavy atom. The third-order valence-electron chi connectivity index (χ3n) is 12.1. The molecule has 0 aromatic heterocycles. The fraction of sp³-hybridized carbons (Fsp3) is 0.897. The lowest BCUT2D eigenvalue weighted by molar-refractivity contribution is -0.317. The third-order valence-corrected chi connectivity index (χ3v) is 12.1. The maximum absolute atomic E-state index is 12.4. The Labute approximate surface area is 229 Å². The lowest BCUT2D eigenvalue weighted by Gasteiger charge is -2.64. The molecule has 4 aliphatic carbocycles. The van der Waals surface area contributed by atoms with Gasteiger partial charge in [-0.2, -0.15) is 0 Å². The summed E-state index contributed by atoms with van der Waals surface area (Å²) in [4.78, 5) is 11.8. The SMILES string of the molecule is CC12CCC3C(CCC4CC(OC5OC(CO)C(O)C(O)C5O)CCC43CO)C1(O)CCC2C1=CC(=O)OC1. The summed E-state index contributed by atoms with van der Waals surface area (Å²) in [5, 5.41) is 63.5. The van der Waals surface area contributed by atoms with E-state index in [0.29, 0.717) is 25.9 Å². The Kier molecular flexibility index (Phi) is 7.20. The van der Waals surface area contributed by atoms with Crippen molar-refractivity contribution in [1.29, 1.82) is 0 Å². The Balaban J connectivity index is 1.18. The summed E-state index contributed by atoms with van der Waals surface area (Å²) in [6.45, 7) is 2.06. The molecule has 1 saturated heterocycles. The monoisotopic (exact) mass is 552 g/mol. The van der Waals surface area contributed by atoms with Gasteiger partial charge < -0.3 is 44.8 Å². The first-order chi connectivity index (χ1) is 18.6. The molecular formula is C29H44O10. The quantitative estimate of drug-likeness (QED) is 0.208. The summed E-state index contributed by atoms with van der Waals surface area (Å²) in [5.74, 6) is 0.273. The van der Waals surface area contributed by atoms with Crippen LogP contribution in [0.2, 0.25) is 0 Å². The van der Waals surface area contributed by atoms with E-state index in [1.807, 2.05) is 0 Å². The van der Waals surface area contributed by atoms with Crippen molar-refractivity contribution >= 4 is 5.97 Å². The average Bonchev–Trinajstić information content (AvgIpc) is 3.48. The van der Waals surface area contributed by atoms with Gasteiger partial charge in [0, 0.05) is 18.1 Å². The number of cyclic esters (lactones) is 1. The second-order valence-electron chi connectivity index (χ2n) is 13.4. The van der Waals surface area contributed by atoms with Gasteiger partial charge in [-0.3, -0.25) is 0 Å². The van der Waals surface area contributed by atoms with Crippen molar-refractivity contribution in [3.63, 3.8) is 0 Å². The summed E-state index contributed by atoms with van der Waals surface area (Å²) >= 11 is 0. The molecule has 0 spiro atoms. The summed E-state index contributed by atoms with van der Waals surface area (Å²) in [7, 11) is 0. The molecule has 6 aliphatic rings. The zero-order valence-electron chi connectivity index (χ0n) is 22.7. The molecule has 220 valence electrons. The van der Waals surface area contributed by atoms with E-state index in [2.05, 4.69) is 6.92 Å². The molecule has 5 fully saturated rings. The van der Waals surface area contributed by atoms with Gasteiger partial charge in [-0.05, 0) is 92.4 Å². The van der Waals surface area contributed by atoms with Gasteiger partial charge in [0.1, 0.15) is 31.0 Å². The van der Waals surface area contributed by atoms with Gasteiger partial charge in [-0.25, -0.2) is 4.79 Å².